The van der Waals surface area contributed by atoms with Gasteiger partial charge in [-0.2, -0.15) is 5.10 Å². The van der Waals surface area contributed by atoms with E-state index < -0.39 is 0 Å². The molecule has 0 aliphatic heterocycles. The van der Waals surface area contributed by atoms with Crippen LogP contribution in [0.3, 0.4) is 0 Å². The van der Waals surface area contributed by atoms with Crippen LogP contribution in [0.2, 0.25) is 0 Å². The van der Waals surface area contributed by atoms with Crippen LogP contribution in [0.1, 0.15) is 23.1 Å². The van der Waals surface area contributed by atoms with Gasteiger partial charge in [-0.3, -0.25) is 9.48 Å². The molecule has 0 saturated carbocycles. The standard InChI is InChI=1S/C20H22N4O2/c1-26-20-10-8-16(11-22-20)7-9-19(25)21-12-18-13-23-24(15-18)14-17-5-3-2-4-6-17/h2-6,8,10-11,13,15H,7,9,12,14H2,1H3,(H,21,25). The van der Waals surface area contributed by atoms with E-state index in [1.54, 1.807) is 25.6 Å². The quantitative estimate of drug-likeness (QED) is 0.678. The average molecular weight is 350 g/mol. The van der Waals surface area contributed by atoms with Crippen molar-refractivity contribution in [3.8, 4) is 5.88 Å². The largest absolute Gasteiger partial charge is 0.481 e. The Morgan fingerprint density at radius 3 is 2.65 bits per heavy atom. The van der Waals surface area contributed by atoms with Crippen molar-refractivity contribution in [1.82, 2.24) is 20.1 Å². The van der Waals surface area contributed by atoms with Crippen LogP contribution < -0.4 is 10.1 Å². The molecule has 2 heterocycles. The van der Waals surface area contributed by atoms with E-state index in [2.05, 4.69) is 27.5 Å². The van der Waals surface area contributed by atoms with Crippen molar-refractivity contribution in [2.75, 3.05) is 7.11 Å². The normalized spacial score (nSPS) is 10.5. The van der Waals surface area contributed by atoms with Crippen molar-refractivity contribution >= 4 is 5.91 Å². The lowest BCUT2D eigenvalue weighted by molar-refractivity contribution is -0.121. The Labute approximate surface area is 152 Å². The van der Waals surface area contributed by atoms with E-state index >= 15 is 0 Å². The summed E-state index contributed by atoms with van der Waals surface area (Å²) in [7, 11) is 1.58. The van der Waals surface area contributed by atoms with E-state index in [1.165, 1.54) is 5.56 Å². The molecule has 3 aromatic rings. The van der Waals surface area contributed by atoms with Crippen LogP contribution in [0.15, 0.2) is 61.1 Å². The predicted molar refractivity (Wildman–Crippen MR) is 98.7 cm³/mol. The van der Waals surface area contributed by atoms with Gasteiger partial charge in [0, 0.05) is 37.0 Å². The van der Waals surface area contributed by atoms with Crippen LogP contribution in [-0.4, -0.2) is 27.8 Å². The fraction of sp³-hybridized carbons (Fsp3) is 0.250. The van der Waals surface area contributed by atoms with Gasteiger partial charge < -0.3 is 10.1 Å². The van der Waals surface area contributed by atoms with Gasteiger partial charge in [-0.25, -0.2) is 4.98 Å². The molecule has 0 atom stereocenters. The zero-order valence-electron chi connectivity index (χ0n) is 14.8. The Bertz CT molecular complexity index is 829. The van der Waals surface area contributed by atoms with Crippen LogP contribution in [0, 0.1) is 0 Å². The second-order valence-electron chi connectivity index (χ2n) is 6.02. The first-order valence-corrected chi connectivity index (χ1v) is 8.54. The second kappa shape index (κ2) is 8.80. The average Bonchev–Trinajstić information content (AvgIpc) is 3.13. The lowest BCUT2D eigenvalue weighted by Crippen LogP contribution is -2.22. The number of aryl methyl sites for hydroxylation is 1. The van der Waals surface area contributed by atoms with E-state index in [4.69, 9.17) is 4.74 Å². The van der Waals surface area contributed by atoms with Crippen LogP contribution in [-0.2, 0) is 24.3 Å². The maximum Gasteiger partial charge on any atom is 0.220 e. The summed E-state index contributed by atoms with van der Waals surface area (Å²) < 4.78 is 6.90. The first-order valence-electron chi connectivity index (χ1n) is 8.54. The van der Waals surface area contributed by atoms with Crippen molar-refractivity contribution in [3.05, 3.63) is 77.7 Å². The number of ether oxygens (including phenoxy) is 1. The number of rotatable bonds is 8. The molecule has 134 valence electrons. The number of aromatic nitrogens is 3. The smallest absolute Gasteiger partial charge is 0.220 e. The van der Waals surface area contributed by atoms with Crippen LogP contribution in [0.4, 0.5) is 0 Å². The minimum atomic E-state index is 0.0108. The number of carbonyl (C=O) groups is 1. The Hall–Kier alpha value is -3.15. The molecule has 0 aliphatic carbocycles. The zero-order chi connectivity index (χ0) is 18.2. The molecule has 0 radical (unpaired) electrons. The molecule has 1 amide bonds. The molecule has 1 N–H and O–H groups in total. The van der Waals surface area contributed by atoms with Gasteiger partial charge in [-0.05, 0) is 17.5 Å². The summed E-state index contributed by atoms with van der Waals surface area (Å²) >= 11 is 0. The Balaban J connectivity index is 1.42. The monoisotopic (exact) mass is 350 g/mol. The number of amides is 1. The molecule has 3 rings (SSSR count). The molecule has 26 heavy (non-hydrogen) atoms. The first kappa shape index (κ1) is 17.7. The Kier molecular flexibility index (Phi) is 5.98. The topological polar surface area (TPSA) is 69.0 Å². The van der Waals surface area contributed by atoms with Gasteiger partial charge in [0.15, 0.2) is 0 Å². The van der Waals surface area contributed by atoms with Gasteiger partial charge in [0.25, 0.3) is 0 Å². The van der Waals surface area contributed by atoms with E-state index in [-0.39, 0.29) is 5.91 Å². The molecule has 0 unspecified atom stereocenters. The molecule has 2 aromatic heterocycles. The van der Waals surface area contributed by atoms with Gasteiger partial charge in [0.1, 0.15) is 0 Å². The van der Waals surface area contributed by atoms with Crippen LogP contribution in [0.5, 0.6) is 5.88 Å². The van der Waals surface area contributed by atoms with Crippen LogP contribution >= 0.6 is 0 Å². The number of nitrogens with zero attached hydrogens (tertiary/aromatic N) is 3. The van der Waals surface area contributed by atoms with Crippen molar-refractivity contribution in [2.24, 2.45) is 0 Å². The number of hydrogen-bond donors (Lipinski definition) is 1. The van der Waals surface area contributed by atoms with Crippen molar-refractivity contribution in [1.29, 1.82) is 0 Å². The van der Waals surface area contributed by atoms with Gasteiger partial charge in [-0.15, -0.1) is 0 Å². The fourth-order valence-electron chi connectivity index (χ4n) is 2.58. The molecule has 0 bridgehead atoms. The highest BCUT2D eigenvalue weighted by atomic mass is 16.5. The summed E-state index contributed by atoms with van der Waals surface area (Å²) in [6.45, 7) is 1.20. The maximum atomic E-state index is 12.0. The van der Waals surface area contributed by atoms with Crippen LogP contribution in [0.25, 0.3) is 0 Å². The van der Waals surface area contributed by atoms with Gasteiger partial charge in [-0.1, -0.05) is 36.4 Å². The van der Waals surface area contributed by atoms with Gasteiger partial charge in [0.2, 0.25) is 11.8 Å². The first-order chi connectivity index (χ1) is 12.7. The summed E-state index contributed by atoms with van der Waals surface area (Å²) in [5.74, 6) is 0.586. The van der Waals surface area contributed by atoms with Crippen molar-refractivity contribution in [3.63, 3.8) is 0 Å². The fourth-order valence-corrected chi connectivity index (χ4v) is 2.58. The highest BCUT2D eigenvalue weighted by Gasteiger charge is 2.05. The van der Waals surface area contributed by atoms with Crippen molar-refractivity contribution in [2.45, 2.75) is 25.9 Å². The minimum absolute atomic E-state index is 0.0108. The highest BCUT2D eigenvalue weighted by Crippen LogP contribution is 2.08. The molecule has 0 fully saturated rings. The molecule has 0 aliphatic rings. The number of carbonyl (C=O) groups excluding carboxylic acids is 1. The van der Waals surface area contributed by atoms with Gasteiger partial charge >= 0.3 is 0 Å². The maximum absolute atomic E-state index is 12.0. The summed E-state index contributed by atoms with van der Waals surface area (Å²) in [5.41, 5.74) is 3.19. The minimum Gasteiger partial charge on any atom is -0.481 e. The SMILES string of the molecule is COc1ccc(CCC(=O)NCc2cnn(Cc3ccccc3)c2)cn1. The predicted octanol–water partition coefficient (Wildman–Crippen LogP) is 2.58. The molecule has 1 aromatic carbocycles. The summed E-state index contributed by atoms with van der Waals surface area (Å²) in [6.07, 6.45) is 6.55. The Morgan fingerprint density at radius 2 is 1.92 bits per heavy atom. The number of hydrogen-bond acceptors (Lipinski definition) is 4. The van der Waals surface area contributed by atoms with E-state index in [1.807, 2.05) is 35.1 Å². The third-order valence-corrected chi connectivity index (χ3v) is 4.01. The number of nitrogens with one attached hydrogen (secondary N) is 1. The Morgan fingerprint density at radius 1 is 1.08 bits per heavy atom. The number of methoxy groups -OCH3 is 1. The van der Waals surface area contributed by atoms with E-state index in [0.29, 0.717) is 25.3 Å². The lowest BCUT2D eigenvalue weighted by atomic mass is 10.1. The van der Waals surface area contributed by atoms with Gasteiger partial charge in [0.05, 0.1) is 19.9 Å². The summed E-state index contributed by atoms with van der Waals surface area (Å²) in [5, 5.41) is 7.28. The van der Waals surface area contributed by atoms with E-state index in [0.717, 1.165) is 17.7 Å². The third-order valence-electron chi connectivity index (χ3n) is 4.01. The molecular weight excluding hydrogens is 328 g/mol. The molecule has 6 heteroatoms. The zero-order valence-corrected chi connectivity index (χ0v) is 14.8. The highest BCUT2D eigenvalue weighted by molar-refractivity contribution is 5.76. The molecular formula is C20H22N4O2. The summed E-state index contributed by atoms with van der Waals surface area (Å²) in [4.78, 5) is 16.2. The molecule has 6 nitrogen and oxygen atoms in total. The second-order valence-corrected chi connectivity index (χ2v) is 6.02. The van der Waals surface area contributed by atoms with E-state index in [9.17, 15) is 4.79 Å². The third kappa shape index (κ3) is 5.17. The molecule has 0 spiro atoms. The lowest BCUT2D eigenvalue weighted by Gasteiger charge is -2.05. The number of benzene rings is 1. The van der Waals surface area contributed by atoms with Crippen molar-refractivity contribution < 1.29 is 9.53 Å². The summed E-state index contributed by atoms with van der Waals surface area (Å²) in [6, 6.07) is 13.9. The molecule has 0 saturated heterocycles. The number of pyridine rings is 1.